The summed E-state index contributed by atoms with van der Waals surface area (Å²) in [5.41, 5.74) is 5.23. The minimum absolute atomic E-state index is 0.634. The van der Waals surface area contributed by atoms with Crippen molar-refractivity contribution in [1.82, 2.24) is 29.1 Å². The number of hydrogen-bond donors (Lipinski definition) is 0. The van der Waals surface area contributed by atoms with E-state index in [0.717, 1.165) is 39.4 Å². The summed E-state index contributed by atoms with van der Waals surface area (Å²) in [6, 6.07) is 18.3. The second-order valence-electron chi connectivity index (χ2n) is 7.72. The Balaban J connectivity index is 1.51. The molecule has 7 nitrogen and oxygen atoms in total. The molecule has 0 aliphatic heterocycles. The van der Waals surface area contributed by atoms with Crippen LogP contribution in [0.1, 0.15) is 23.9 Å². The molecule has 3 heterocycles. The Labute approximate surface area is 196 Å². The Bertz CT molecular complexity index is 1410. The number of thioether (sulfide) groups is 1. The number of fused-ring (bicyclic) bond motifs is 1. The number of imidazole rings is 1. The van der Waals surface area contributed by atoms with Crippen molar-refractivity contribution in [3.05, 3.63) is 83.9 Å². The minimum atomic E-state index is 0.634. The predicted molar refractivity (Wildman–Crippen MR) is 130 cm³/mol. The van der Waals surface area contributed by atoms with E-state index in [2.05, 4.69) is 49.9 Å². The monoisotopic (exact) mass is 456 g/mol. The molecule has 0 atom stereocenters. The first-order valence-corrected chi connectivity index (χ1v) is 11.8. The van der Waals surface area contributed by atoms with Gasteiger partial charge in [0.1, 0.15) is 5.75 Å². The standard InChI is InChI=1S/C25H24N6OS/c1-4-32-22-10-8-21(9-11-22)31-23(19-7-5-6-17(2)14-19)28-29-25(31)33-16-20-15-30-18(3)12-13-26-24(30)27-20/h5-15H,4,16H2,1-3H3. The highest BCUT2D eigenvalue weighted by Gasteiger charge is 2.17. The molecule has 0 N–H and O–H groups in total. The molecule has 0 fully saturated rings. The average molecular weight is 457 g/mol. The molecule has 166 valence electrons. The van der Waals surface area contributed by atoms with Gasteiger partial charge in [-0.15, -0.1) is 10.2 Å². The van der Waals surface area contributed by atoms with Gasteiger partial charge in [-0.1, -0.05) is 35.5 Å². The van der Waals surface area contributed by atoms with Gasteiger partial charge in [-0.2, -0.15) is 0 Å². The lowest BCUT2D eigenvalue weighted by Crippen LogP contribution is -2.00. The normalized spacial score (nSPS) is 11.2. The highest BCUT2D eigenvalue weighted by Crippen LogP contribution is 2.30. The van der Waals surface area contributed by atoms with Crippen molar-refractivity contribution in [2.24, 2.45) is 0 Å². The topological polar surface area (TPSA) is 70.1 Å². The molecule has 3 aromatic heterocycles. The molecule has 0 radical (unpaired) electrons. The second-order valence-corrected chi connectivity index (χ2v) is 8.66. The Morgan fingerprint density at radius 1 is 1.00 bits per heavy atom. The number of rotatable bonds is 7. The van der Waals surface area contributed by atoms with Crippen molar-refractivity contribution in [2.75, 3.05) is 6.61 Å². The van der Waals surface area contributed by atoms with E-state index >= 15 is 0 Å². The van der Waals surface area contributed by atoms with Gasteiger partial charge in [0.2, 0.25) is 5.78 Å². The third-order valence-corrected chi connectivity index (χ3v) is 6.25. The summed E-state index contributed by atoms with van der Waals surface area (Å²) in [4.78, 5) is 9.01. The van der Waals surface area contributed by atoms with E-state index in [-0.39, 0.29) is 0 Å². The quantitative estimate of drug-likeness (QED) is 0.310. The maximum atomic E-state index is 5.62. The van der Waals surface area contributed by atoms with Crippen molar-refractivity contribution in [1.29, 1.82) is 0 Å². The second kappa shape index (κ2) is 9.07. The van der Waals surface area contributed by atoms with Crippen LogP contribution in [0.25, 0.3) is 22.9 Å². The fourth-order valence-electron chi connectivity index (χ4n) is 3.69. The molecular weight excluding hydrogens is 432 g/mol. The zero-order valence-corrected chi connectivity index (χ0v) is 19.6. The molecule has 0 aliphatic carbocycles. The molecule has 33 heavy (non-hydrogen) atoms. The van der Waals surface area contributed by atoms with Crippen molar-refractivity contribution in [3.63, 3.8) is 0 Å². The summed E-state index contributed by atoms with van der Waals surface area (Å²) >= 11 is 1.60. The molecule has 0 spiro atoms. The van der Waals surface area contributed by atoms with E-state index in [1.54, 1.807) is 18.0 Å². The van der Waals surface area contributed by atoms with Crippen molar-refractivity contribution in [2.45, 2.75) is 31.7 Å². The molecular formula is C25H24N6OS. The van der Waals surface area contributed by atoms with Crippen LogP contribution in [0.4, 0.5) is 0 Å². The molecule has 0 unspecified atom stereocenters. The van der Waals surface area contributed by atoms with Crippen LogP contribution in [0.3, 0.4) is 0 Å². The maximum Gasteiger partial charge on any atom is 0.234 e. The van der Waals surface area contributed by atoms with Crippen LogP contribution >= 0.6 is 11.8 Å². The third-order valence-electron chi connectivity index (χ3n) is 5.29. The Hall–Kier alpha value is -3.65. The smallest absolute Gasteiger partial charge is 0.234 e. The maximum absolute atomic E-state index is 5.62. The van der Waals surface area contributed by atoms with Crippen LogP contribution < -0.4 is 4.74 Å². The summed E-state index contributed by atoms with van der Waals surface area (Å²) in [6.07, 6.45) is 3.81. The zero-order chi connectivity index (χ0) is 22.8. The van der Waals surface area contributed by atoms with Crippen LogP contribution in [0.5, 0.6) is 5.75 Å². The van der Waals surface area contributed by atoms with Crippen LogP contribution in [-0.4, -0.2) is 35.7 Å². The van der Waals surface area contributed by atoms with E-state index in [1.807, 2.05) is 60.8 Å². The van der Waals surface area contributed by atoms with E-state index in [9.17, 15) is 0 Å². The van der Waals surface area contributed by atoms with Crippen LogP contribution in [0.15, 0.2) is 72.1 Å². The number of aryl methyl sites for hydroxylation is 2. The van der Waals surface area contributed by atoms with Crippen LogP contribution in [-0.2, 0) is 5.75 Å². The number of benzene rings is 2. The van der Waals surface area contributed by atoms with Crippen molar-refractivity contribution < 1.29 is 4.74 Å². The summed E-state index contributed by atoms with van der Waals surface area (Å²) in [5, 5.41) is 9.90. The summed E-state index contributed by atoms with van der Waals surface area (Å²) < 4.78 is 9.72. The molecule has 8 heteroatoms. The number of aromatic nitrogens is 6. The highest BCUT2D eigenvalue weighted by molar-refractivity contribution is 7.98. The molecule has 2 aromatic carbocycles. The van der Waals surface area contributed by atoms with E-state index in [0.29, 0.717) is 18.1 Å². The molecule has 0 amide bonds. The van der Waals surface area contributed by atoms with E-state index in [4.69, 9.17) is 4.74 Å². The summed E-state index contributed by atoms with van der Waals surface area (Å²) in [5.74, 6) is 3.01. The number of ether oxygens (including phenoxy) is 1. The Kier molecular flexibility index (Phi) is 5.83. The first-order valence-electron chi connectivity index (χ1n) is 10.8. The van der Waals surface area contributed by atoms with Gasteiger partial charge in [-0.05, 0) is 57.2 Å². The fourth-order valence-corrected chi connectivity index (χ4v) is 4.53. The van der Waals surface area contributed by atoms with E-state index in [1.165, 1.54) is 5.56 Å². The highest BCUT2D eigenvalue weighted by atomic mass is 32.2. The van der Waals surface area contributed by atoms with Gasteiger partial charge in [-0.3, -0.25) is 8.97 Å². The molecule has 0 bridgehead atoms. The predicted octanol–water partition coefficient (Wildman–Crippen LogP) is 5.28. The van der Waals surface area contributed by atoms with Gasteiger partial charge in [0.05, 0.1) is 12.3 Å². The summed E-state index contributed by atoms with van der Waals surface area (Å²) in [6.45, 7) is 6.74. The lowest BCUT2D eigenvalue weighted by atomic mass is 10.1. The molecule has 0 aliphatic rings. The molecule has 0 saturated carbocycles. The number of nitrogens with zero attached hydrogens (tertiary/aromatic N) is 6. The fraction of sp³-hybridized carbons (Fsp3) is 0.200. The first kappa shape index (κ1) is 21.2. The average Bonchev–Trinajstić information content (AvgIpc) is 3.43. The van der Waals surface area contributed by atoms with Gasteiger partial charge in [-0.25, -0.2) is 9.97 Å². The van der Waals surface area contributed by atoms with Crippen molar-refractivity contribution >= 4 is 17.5 Å². The third kappa shape index (κ3) is 4.34. The van der Waals surface area contributed by atoms with Crippen LogP contribution in [0, 0.1) is 13.8 Å². The van der Waals surface area contributed by atoms with Gasteiger partial charge in [0.15, 0.2) is 11.0 Å². The lowest BCUT2D eigenvalue weighted by molar-refractivity contribution is 0.340. The molecule has 5 aromatic rings. The van der Waals surface area contributed by atoms with Gasteiger partial charge < -0.3 is 4.74 Å². The largest absolute Gasteiger partial charge is 0.494 e. The Morgan fingerprint density at radius 2 is 1.85 bits per heavy atom. The van der Waals surface area contributed by atoms with Crippen molar-refractivity contribution in [3.8, 4) is 22.8 Å². The Morgan fingerprint density at radius 3 is 2.61 bits per heavy atom. The van der Waals surface area contributed by atoms with Gasteiger partial charge >= 0.3 is 0 Å². The van der Waals surface area contributed by atoms with Gasteiger partial charge in [0, 0.05) is 35.1 Å². The summed E-state index contributed by atoms with van der Waals surface area (Å²) in [7, 11) is 0. The minimum Gasteiger partial charge on any atom is -0.494 e. The van der Waals surface area contributed by atoms with Crippen LogP contribution in [0.2, 0.25) is 0 Å². The van der Waals surface area contributed by atoms with E-state index < -0.39 is 0 Å². The first-order chi connectivity index (χ1) is 16.1. The molecule has 5 rings (SSSR count). The molecule has 0 saturated heterocycles. The lowest BCUT2D eigenvalue weighted by Gasteiger charge is -2.11. The zero-order valence-electron chi connectivity index (χ0n) is 18.8. The SMILES string of the molecule is CCOc1ccc(-n2c(SCc3cn4c(C)ccnc4n3)nnc2-c2cccc(C)c2)cc1. The van der Waals surface area contributed by atoms with Gasteiger partial charge in [0.25, 0.3) is 0 Å². The number of hydrogen-bond acceptors (Lipinski definition) is 6.